The number of hydrogen-bond acceptors (Lipinski definition) is 1. The van der Waals surface area contributed by atoms with E-state index in [-0.39, 0.29) is 5.91 Å². The van der Waals surface area contributed by atoms with Crippen LogP contribution >= 0.6 is 0 Å². The van der Waals surface area contributed by atoms with Crippen molar-refractivity contribution in [2.75, 3.05) is 13.1 Å². The van der Waals surface area contributed by atoms with E-state index < -0.39 is 0 Å². The largest absolute Gasteiger partial charge is 0.356 e. The van der Waals surface area contributed by atoms with Gasteiger partial charge in [-0.1, -0.05) is 0 Å². The molecular formula is C8H13N3O+2. The molecule has 4 nitrogen and oxygen atoms in total. The number of amides is 1. The zero-order valence-corrected chi connectivity index (χ0v) is 6.89. The highest BCUT2D eigenvalue weighted by Gasteiger charge is 2.48. The number of carbonyl (C=O) groups is 1. The molecule has 64 valence electrons. The van der Waals surface area contributed by atoms with Gasteiger partial charge < -0.3 is 0 Å². The summed E-state index contributed by atoms with van der Waals surface area (Å²) in [7, 11) is 0. The first-order valence-electron chi connectivity index (χ1n) is 4.59. The molecule has 4 aliphatic rings. The fraction of sp³-hybridized carbons (Fsp3) is 0.625. The van der Waals surface area contributed by atoms with Crippen LogP contribution in [-0.2, 0) is 4.79 Å². The second kappa shape index (κ2) is 2.08. The van der Waals surface area contributed by atoms with Crippen molar-refractivity contribution >= 4 is 5.91 Å². The van der Waals surface area contributed by atoms with Crippen molar-refractivity contribution in [3.8, 4) is 0 Å². The fourth-order valence-corrected chi connectivity index (χ4v) is 2.63. The van der Waals surface area contributed by atoms with Gasteiger partial charge in [0.05, 0.1) is 19.0 Å². The van der Waals surface area contributed by atoms with E-state index in [1.54, 1.807) is 0 Å². The third-order valence-electron chi connectivity index (χ3n) is 3.26. The van der Waals surface area contributed by atoms with Gasteiger partial charge in [-0.05, 0) is 0 Å². The van der Waals surface area contributed by atoms with Crippen LogP contribution in [0.4, 0.5) is 0 Å². The molecule has 0 radical (unpaired) electrons. The highest BCUT2D eigenvalue weighted by atomic mass is 16.2. The molecule has 0 spiro atoms. The number of nitrogens with one attached hydrogen (secondary N) is 2. The number of quaternary nitrogens is 2. The first-order chi connectivity index (χ1) is 5.86. The van der Waals surface area contributed by atoms with Gasteiger partial charge in [-0.2, -0.15) is 5.43 Å². The van der Waals surface area contributed by atoms with Gasteiger partial charge in [-0.25, -0.2) is 5.43 Å². The number of carbonyl (C=O) groups excluding carboxylic acids is 1. The molecule has 2 bridgehead atoms. The lowest BCUT2D eigenvalue weighted by Crippen LogP contribution is -3.14. The zero-order chi connectivity index (χ0) is 8.13. The van der Waals surface area contributed by atoms with E-state index in [9.17, 15) is 4.79 Å². The summed E-state index contributed by atoms with van der Waals surface area (Å²) < 4.78 is 0. The molecule has 4 heterocycles. The van der Waals surface area contributed by atoms with Crippen molar-refractivity contribution in [3.63, 3.8) is 0 Å². The van der Waals surface area contributed by atoms with Crippen LogP contribution in [0.1, 0.15) is 12.8 Å². The maximum Gasteiger partial charge on any atom is 0.356 e. The molecule has 0 saturated carbocycles. The third kappa shape index (κ3) is 0.665. The Morgan fingerprint density at radius 1 is 1.42 bits per heavy atom. The van der Waals surface area contributed by atoms with Gasteiger partial charge in [0.25, 0.3) is 5.70 Å². The summed E-state index contributed by atoms with van der Waals surface area (Å²) in [6.45, 7) is 2.32. The topological polar surface area (TPSA) is 50.1 Å². The van der Waals surface area contributed by atoms with E-state index in [1.165, 1.54) is 23.4 Å². The normalized spacial score (nSPS) is 38.5. The molecule has 1 amide bonds. The van der Waals surface area contributed by atoms with Crippen molar-refractivity contribution in [2.24, 2.45) is 5.92 Å². The molecule has 1 saturated heterocycles. The fourth-order valence-electron chi connectivity index (χ4n) is 2.63. The molecule has 0 unspecified atom stereocenters. The predicted octanol–water partition coefficient (Wildman–Crippen LogP) is -2.89. The number of hydrogen-bond donors (Lipinski definition) is 3. The minimum absolute atomic E-state index is 0.143. The Morgan fingerprint density at radius 2 is 2.17 bits per heavy atom. The first kappa shape index (κ1) is 6.62. The van der Waals surface area contributed by atoms with Crippen LogP contribution in [0.15, 0.2) is 11.4 Å². The lowest BCUT2D eigenvalue weighted by Gasteiger charge is -2.32. The molecule has 0 aromatic rings. The quantitative estimate of drug-likeness (QED) is 0.263. The lowest BCUT2D eigenvalue weighted by molar-refractivity contribution is -0.872. The van der Waals surface area contributed by atoms with E-state index >= 15 is 0 Å². The summed E-state index contributed by atoms with van der Waals surface area (Å²) >= 11 is 0. The highest BCUT2D eigenvalue weighted by Crippen LogP contribution is 2.22. The van der Waals surface area contributed by atoms with Crippen molar-refractivity contribution in [1.29, 1.82) is 0 Å². The molecule has 0 aromatic heterocycles. The summed E-state index contributed by atoms with van der Waals surface area (Å²) in [6.07, 6.45) is 2.53. The average Bonchev–Trinajstić information content (AvgIpc) is 2.53. The van der Waals surface area contributed by atoms with Gasteiger partial charge in [0.15, 0.2) is 0 Å². The molecule has 4 heteroatoms. The molecule has 12 heavy (non-hydrogen) atoms. The minimum atomic E-state index is 0.143. The highest BCUT2D eigenvalue weighted by molar-refractivity contribution is 5.91. The summed E-state index contributed by atoms with van der Waals surface area (Å²) in [5.41, 5.74) is 7.06. The van der Waals surface area contributed by atoms with E-state index in [4.69, 9.17) is 0 Å². The van der Waals surface area contributed by atoms with Gasteiger partial charge in [-0.15, -0.1) is 0 Å². The molecule has 0 aromatic carbocycles. The van der Waals surface area contributed by atoms with Crippen LogP contribution in [0.5, 0.6) is 0 Å². The Morgan fingerprint density at radius 3 is 2.83 bits per heavy atom. The average molecular weight is 167 g/mol. The van der Waals surface area contributed by atoms with Gasteiger partial charge in [0, 0.05) is 12.8 Å². The maximum absolute atomic E-state index is 11.4. The maximum atomic E-state index is 11.4. The van der Waals surface area contributed by atoms with E-state index in [0.29, 0.717) is 5.92 Å². The minimum Gasteiger partial charge on any atom is -0.293 e. The Hall–Kier alpha value is -0.870. The zero-order valence-electron chi connectivity index (χ0n) is 6.89. The van der Waals surface area contributed by atoms with E-state index in [1.807, 2.05) is 5.43 Å². The van der Waals surface area contributed by atoms with E-state index in [0.717, 1.165) is 18.8 Å². The number of fused-ring (bicyclic) bond motifs is 2. The Kier molecular flexibility index (Phi) is 1.15. The second-order valence-electron chi connectivity index (χ2n) is 3.83. The van der Waals surface area contributed by atoms with Crippen molar-refractivity contribution in [1.82, 2.24) is 5.43 Å². The van der Waals surface area contributed by atoms with Crippen LogP contribution in [-0.4, -0.2) is 19.0 Å². The predicted molar refractivity (Wildman–Crippen MR) is 40.5 cm³/mol. The van der Waals surface area contributed by atoms with Crippen LogP contribution in [0.3, 0.4) is 0 Å². The SMILES string of the molecule is O=C1N[NH2+]C2=C1[NH+]1CCC2CC1. The van der Waals surface area contributed by atoms with E-state index in [2.05, 4.69) is 5.43 Å². The van der Waals surface area contributed by atoms with Gasteiger partial charge in [0.1, 0.15) is 0 Å². The molecular weight excluding hydrogens is 154 g/mol. The Labute approximate surface area is 70.6 Å². The van der Waals surface area contributed by atoms with Crippen molar-refractivity contribution in [3.05, 3.63) is 11.4 Å². The molecule has 1 fully saturated rings. The monoisotopic (exact) mass is 167 g/mol. The van der Waals surface area contributed by atoms with Gasteiger partial charge in [-0.3, -0.25) is 9.69 Å². The number of nitrogens with two attached hydrogens (primary N) is 1. The summed E-state index contributed by atoms with van der Waals surface area (Å²) in [5.74, 6) is 0.820. The summed E-state index contributed by atoms with van der Waals surface area (Å²) in [4.78, 5) is 12.8. The van der Waals surface area contributed by atoms with Gasteiger partial charge in [0.2, 0.25) is 5.70 Å². The van der Waals surface area contributed by atoms with Crippen LogP contribution in [0.25, 0.3) is 0 Å². The standard InChI is InChI=1S/C8H11N3O/c12-8-7-6(9-10-8)5-1-3-11(7)4-2-5/h5H,1-4H2,(H2,9,10,12)/p+2. The summed E-state index contributed by atoms with van der Waals surface area (Å²) in [6, 6.07) is 0. The van der Waals surface area contributed by atoms with Crippen LogP contribution < -0.4 is 15.8 Å². The first-order valence-corrected chi connectivity index (χ1v) is 4.59. The molecule has 0 atom stereocenters. The molecule has 4 aliphatic heterocycles. The van der Waals surface area contributed by atoms with Crippen LogP contribution in [0.2, 0.25) is 0 Å². The van der Waals surface area contributed by atoms with Crippen molar-refractivity contribution in [2.45, 2.75) is 12.8 Å². The third-order valence-corrected chi connectivity index (χ3v) is 3.26. The van der Waals surface area contributed by atoms with Crippen molar-refractivity contribution < 1.29 is 15.1 Å². The molecule has 4 rings (SSSR count). The number of rotatable bonds is 0. The van der Waals surface area contributed by atoms with Gasteiger partial charge >= 0.3 is 5.91 Å². The summed E-state index contributed by atoms with van der Waals surface area (Å²) in [5, 5.41) is 0. The second-order valence-corrected chi connectivity index (χ2v) is 3.83. The number of allylic oxidation sites excluding steroid dienone is 1. The molecule has 4 N–H and O–H groups in total. The molecule has 0 aliphatic carbocycles. The Balaban J connectivity index is 2.10. The Bertz CT molecular complexity index is 276. The lowest BCUT2D eigenvalue weighted by atomic mass is 9.87. The van der Waals surface area contributed by atoms with Crippen LogP contribution in [0, 0.1) is 5.92 Å². The smallest absolute Gasteiger partial charge is 0.293 e. The number of piperidine rings is 1.